The van der Waals surface area contributed by atoms with Crippen LogP contribution in [0.5, 0.6) is 0 Å². The summed E-state index contributed by atoms with van der Waals surface area (Å²) in [6.45, 7) is 2.51. The van der Waals surface area contributed by atoms with E-state index in [1.165, 1.54) is 135 Å². The molecule has 0 heterocycles. The predicted molar refractivity (Wildman–Crippen MR) is 137 cm³/mol. The van der Waals surface area contributed by atoms with Crippen LogP contribution in [0.2, 0.25) is 0 Å². The molecule has 0 atom stereocenters. The van der Waals surface area contributed by atoms with E-state index in [4.69, 9.17) is 5.11 Å². The Bertz CT molecular complexity index is 425. The SMILES string of the molecule is CCCCCCCCCCCCCCCCCCCCCCCCCCOC(=O)OC(=O)O. The molecule has 0 saturated heterocycles. The van der Waals surface area contributed by atoms with Crippen LogP contribution in [-0.2, 0) is 9.47 Å². The third-order valence-electron chi connectivity index (χ3n) is 6.39. The van der Waals surface area contributed by atoms with Gasteiger partial charge in [0.2, 0.25) is 0 Å². The Hall–Kier alpha value is -1.26. The molecule has 0 spiro atoms. The molecule has 0 aliphatic rings. The fourth-order valence-corrected chi connectivity index (χ4v) is 4.32. The Morgan fingerprint density at radius 2 is 0.758 bits per heavy atom. The molecule has 0 aromatic rings. The van der Waals surface area contributed by atoms with Crippen molar-refractivity contribution in [1.82, 2.24) is 0 Å². The number of hydrogen-bond acceptors (Lipinski definition) is 4. The molecule has 0 aromatic carbocycles. The molecule has 33 heavy (non-hydrogen) atoms. The normalized spacial score (nSPS) is 10.9. The fraction of sp³-hybridized carbons (Fsp3) is 0.929. The minimum atomic E-state index is -1.63. The van der Waals surface area contributed by atoms with Crippen LogP contribution in [0.4, 0.5) is 9.59 Å². The van der Waals surface area contributed by atoms with Crippen molar-refractivity contribution in [2.75, 3.05) is 6.61 Å². The summed E-state index contributed by atoms with van der Waals surface area (Å²) in [6.07, 6.45) is 29.6. The minimum absolute atomic E-state index is 0.228. The van der Waals surface area contributed by atoms with Crippen molar-refractivity contribution in [3.63, 3.8) is 0 Å². The molecule has 5 heteroatoms. The summed E-state index contributed by atoms with van der Waals surface area (Å²) < 4.78 is 8.52. The van der Waals surface area contributed by atoms with Crippen molar-refractivity contribution < 1.29 is 24.2 Å². The van der Waals surface area contributed by atoms with Gasteiger partial charge in [-0.1, -0.05) is 155 Å². The average Bonchev–Trinajstić information content (AvgIpc) is 2.78. The van der Waals surface area contributed by atoms with Crippen LogP contribution in [0, 0.1) is 0 Å². The summed E-state index contributed by atoms with van der Waals surface area (Å²) in [5.41, 5.74) is 0. The first kappa shape index (κ1) is 31.7. The number of ether oxygens (including phenoxy) is 2. The third-order valence-corrected chi connectivity index (χ3v) is 6.39. The highest BCUT2D eigenvalue weighted by atomic mass is 16.8. The van der Waals surface area contributed by atoms with Gasteiger partial charge in [-0.15, -0.1) is 0 Å². The maximum Gasteiger partial charge on any atom is 0.518 e. The first-order valence-corrected chi connectivity index (χ1v) is 14.2. The van der Waals surface area contributed by atoms with Gasteiger partial charge < -0.3 is 14.6 Å². The van der Waals surface area contributed by atoms with Gasteiger partial charge in [0.1, 0.15) is 0 Å². The average molecular weight is 471 g/mol. The van der Waals surface area contributed by atoms with Gasteiger partial charge in [-0.3, -0.25) is 0 Å². The third kappa shape index (κ3) is 28.7. The van der Waals surface area contributed by atoms with Gasteiger partial charge in [0.05, 0.1) is 6.61 Å². The van der Waals surface area contributed by atoms with Crippen molar-refractivity contribution in [1.29, 1.82) is 0 Å². The summed E-state index contributed by atoms with van der Waals surface area (Å²) in [7, 11) is 0. The Kier molecular flexibility index (Phi) is 26.0. The molecule has 5 nitrogen and oxygen atoms in total. The van der Waals surface area contributed by atoms with Crippen molar-refractivity contribution in [3.8, 4) is 0 Å². The molecular formula is C28H54O5. The molecule has 1 N–H and O–H groups in total. The van der Waals surface area contributed by atoms with E-state index in [0.717, 1.165) is 19.3 Å². The van der Waals surface area contributed by atoms with Crippen LogP contribution in [0.3, 0.4) is 0 Å². The van der Waals surface area contributed by atoms with E-state index in [1.54, 1.807) is 0 Å². The standard InChI is InChI=1S/C28H54O5/c1-2-3-4-5-6-7-8-9-10-11-12-13-14-15-16-17-18-19-20-21-22-23-24-25-26-32-28(31)33-27(29)30/h2-26H2,1H3,(H,29,30). The molecule has 0 aliphatic carbocycles. The van der Waals surface area contributed by atoms with Crippen LogP contribution >= 0.6 is 0 Å². The Morgan fingerprint density at radius 1 is 0.485 bits per heavy atom. The van der Waals surface area contributed by atoms with Gasteiger partial charge in [0, 0.05) is 0 Å². The second-order valence-corrected chi connectivity index (χ2v) is 9.60. The first-order valence-electron chi connectivity index (χ1n) is 14.2. The lowest BCUT2D eigenvalue weighted by Gasteiger charge is -2.04. The van der Waals surface area contributed by atoms with Gasteiger partial charge in [0.25, 0.3) is 0 Å². The minimum Gasteiger partial charge on any atom is -0.449 e. The van der Waals surface area contributed by atoms with E-state index in [0.29, 0.717) is 0 Å². The lowest BCUT2D eigenvalue weighted by atomic mass is 10.0. The van der Waals surface area contributed by atoms with Crippen molar-refractivity contribution >= 4 is 12.3 Å². The van der Waals surface area contributed by atoms with Crippen molar-refractivity contribution in [2.24, 2.45) is 0 Å². The van der Waals surface area contributed by atoms with Crippen LogP contribution in [0.1, 0.15) is 161 Å². The fourth-order valence-electron chi connectivity index (χ4n) is 4.32. The zero-order valence-corrected chi connectivity index (χ0v) is 21.8. The van der Waals surface area contributed by atoms with Crippen LogP contribution in [-0.4, -0.2) is 24.0 Å². The molecule has 0 fully saturated rings. The monoisotopic (exact) mass is 470 g/mol. The second-order valence-electron chi connectivity index (χ2n) is 9.60. The highest BCUT2D eigenvalue weighted by Crippen LogP contribution is 2.15. The van der Waals surface area contributed by atoms with E-state index in [9.17, 15) is 9.59 Å². The maximum atomic E-state index is 10.9. The van der Waals surface area contributed by atoms with E-state index >= 15 is 0 Å². The smallest absolute Gasteiger partial charge is 0.449 e. The van der Waals surface area contributed by atoms with E-state index in [-0.39, 0.29) is 6.61 Å². The topological polar surface area (TPSA) is 72.8 Å². The highest BCUT2D eigenvalue weighted by molar-refractivity contribution is 5.75. The number of carboxylic acid groups (broad SMARTS) is 1. The summed E-state index contributed by atoms with van der Waals surface area (Å²) in [6, 6.07) is 0. The van der Waals surface area contributed by atoms with Gasteiger partial charge in [-0.25, -0.2) is 9.59 Å². The number of carbonyl (C=O) groups excluding carboxylic acids is 1. The van der Waals surface area contributed by atoms with Gasteiger partial charge in [-0.05, 0) is 6.42 Å². The largest absolute Gasteiger partial charge is 0.518 e. The van der Waals surface area contributed by atoms with E-state index < -0.39 is 12.3 Å². The maximum absolute atomic E-state index is 10.9. The number of unbranched alkanes of at least 4 members (excludes halogenated alkanes) is 23. The summed E-state index contributed by atoms with van der Waals surface area (Å²) >= 11 is 0. The Labute approximate surface area is 204 Å². The second kappa shape index (κ2) is 27.0. The van der Waals surface area contributed by atoms with E-state index in [2.05, 4.69) is 16.4 Å². The van der Waals surface area contributed by atoms with Crippen LogP contribution in [0.15, 0.2) is 0 Å². The van der Waals surface area contributed by atoms with Gasteiger partial charge in [0.15, 0.2) is 0 Å². The van der Waals surface area contributed by atoms with Crippen molar-refractivity contribution in [3.05, 3.63) is 0 Å². The summed E-state index contributed by atoms with van der Waals surface area (Å²) in [5, 5.41) is 8.25. The quantitative estimate of drug-likeness (QED) is 0.0816. The molecule has 0 unspecified atom stereocenters. The Morgan fingerprint density at radius 3 is 1.03 bits per heavy atom. The van der Waals surface area contributed by atoms with Crippen molar-refractivity contribution in [2.45, 2.75) is 161 Å². The molecular weight excluding hydrogens is 416 g/mol. The molecule has 0 aliphatic heterocycles. The lowest BCUT2D eigenvalue weighted by Crippen LogP contribution is -2.12. The molecule has 0 amide bonds. The summed E-state index contributed by atoms with van der Waals surface area (Å²) in [4.78, 5) is 21.0. The van der Waals surface area contributed by atoms with Gasteiger partial charge >= 0.3 is 12.3 Å². The highest BCUT2D eigenvalue weighted by Gasteiger charge is 2.08. The molecule has 0 saturated carbocycles. The molecule has 0 rings (SSSR count). The zero-order valence-electron chi connectivity index (χ0n) is 21.8. The molecule has 0 aromatic heterocycles. The number of hydrogen-bond donors (Lipinski definition) is 1. The molecule has 196 valence electrons. The van der Waals surface area contributed by atoms with Crippen LogP contribution in [0.25, 0.3) is 0 Å². The molecule has 0 radical (unpaired) electrons. The number of carbonyl (C=O) groups is 2. The van der Waals surface area contributed by atoms with Gasteiger partial charge in [-0.2, -0.15) is 0 Å². The lowest BCUT2D eigenvalue weighted by molar-refractivity contribution is 0.0537. The van der Waals surface area contributed by atoms with E-state index in [1.807, 2.05) is 0 Å². The number of rotatable bonds is 25. The van der Waals surface area contributed by atoms with Crippen LogP contribution < -0.4 is 0 Å². The Balaban J connectivity index is 3.06. The molecule has 0 bridgehead atoms. The zero-order chi connectivity index (χ0) is 24.2. The predicted octanol–water partition coefficient (Wildman–Crippen LogP) is 10.2. The summed E-state index contributed by atoms with van der Waals surface area (Å²) in [5.74, 6) is 0. The first-order chi connectivity index (χ1) is 16.2.